The summed E-state index contributed by atoms with van der Waals surface area (Å²) in [7, 11) is 0. The van der Waals surface area contributed by atoms with Gasteiger partial charge in [-0.25, -0.2) is 9.97 Å². The number of amides is 1. The Kier molecular flexibility index (Phi) is 5.62. The molecule has 0 aliphatic carbocycles. The third kappa shape index (κ3) is 4.09. The molecule has 0 spiro atoms. The van der Waals surface area contributed by atoms with E-state index in [2.05, 4.69) is 9.97 Å². The van der Waals surface area contributed by atoms with Gasteiger partial charge in [-0.05, 0) is 38.5 Å². The number of hydrogen-bond acceptors (Lipinski definition) is 4. The zero-order chi connectivity index (χ0) is 16.3. The molecular weight excluding hydrogens is 300 g/mol. The first kappa shape index (κ1) is 17.0. The van der Waals surface area contributed by atoms with Gasteiger partial charge in [0.2, 0.25) is 5.91 Å². The number of halogens is 1. The molecule has 5 nitrogen and oxygen atoms in total. The molecule has 0 aromatic carbocycles. The Morgan fingerprint density at radius 1 is 1.36 bits per heavy atom. The number of piperidine rings is 1. The number of anilines is 1. The summed E-state index contributed by atoms with van der Waals surface area (Å²) in [6.07, 6.45) is 3.90. The first-order valence-corrected chi connectivity index (χ1v) is 8.33. The average molecular weight is 325 g/mol. The number of hydrogen-bond donors (Lipinski definition) is 1. The van der Waals surface area contributed by atoms with Crippen molar-refractivity contribution in [1.29, 1.82) is 0 Å². The molecule has 1 amide bonds. The second-order valence-corrected chi connectivity index (χ2v) is 6.75. The van der Waals surface area contributed by atoms with E-state index in [4.69, 9.17) is 17.3 Å². The molecule has 0 bridgehead atoms. The van der Waals surface area contributed by atoms with Gasteiger partial charge in [-0.3, -0.25) is 4.79 Å². The molecule has 122 valence electrons. The van der Waals surface area contributed by atoms with Crippen molar-refractivity contribution in [2.45, 2.75) is 46.5 Å². The molecule has 2 N–H and O–H groups in total. The van der Waals surface area contributed by atoms with Crippen LogP contribution in [-0.2, 0) is 11.2 Å². The van der Waals surface area contributed by atoms with Crippen LogP contribution in [-0.4, -0.2) is 33.9 Å². The van der Waals surface area contributed by atoms with Crippen molar-refractivity contribution < 1.29 is 4.79 Å². The van der Waals surface area contributed by atoms with Gasteiger partial charge in [0.25, 0.3) is 0 Å². The molecule has 1 aromatic heterocycles. The zero-order valence-corrected chi connectivity index (χ0v) is 14.4. The molecule has 1 saturated heterocycles. The lowest BCUT2D eigenvalue weighted by atomic mass is 9.90. The number of carbonyl (C=O) groups is 1. The highest BCUT2D eigenvalue weighted by molar-refractivity contribution is 6.30. The third-order valence-corrected chi connectivity index (χ3v) is 4.64. The van der Waals surface area contributed by atoms with Gasteiger partial charge in [0, 0.05) is 24.6 Å². The molecule has 2 heterocycles. The Hall–Kier alpha value is -1.36. The molecule has 0 unspecified atom stereocenters. The van der Waals surface area contributed by atoms with Gasteiger partial charge in [0.05, 0.1) is 0 Å². The minimum atomic E-state index is 0.0832. The van der Waals surface area contributed by atoms with Gasteiger partial charge in [0.1, 0.15) is 16.8 Å². The molecule has 1 fully saturated rings. The number of aromatic nitrogens is 2. The van der Waals surface area contributed by atoms with E-state index >= 15 is 0 Å². The van der Waals surface area contributed by atoms with Gasteiger partial charge in [0.15, 0.2) is 0 Å². The van der Waals surface area contributed by atoms with Crippen molar-refractivity contribution in [3.8, 4) is 0 Å². The maximum atomic E-state index is 12.0. The molecule has 1 aliphatic heterocycles. The van der Waals surface area contributed by atoms with Crippen molar-refractivity contribution in [3.63, 3.8) is 0 Å². The fraction of sp³-hybridized carbons (Fsp3) is 0.688. The van der Waals surface area contributed by atoms with Crippen LogP contribution in [0.3, 0.4) is 0 Å². The summed E-state index contributed by atoms with van der Waals surface area (Å²) >= 11 is 6.17. The van der Waals surface area contributed by atoms with Gasteiger partial charge in [-0.2, -0.15) is 0 Å². The summed E-state index contributed by atoms with van der Waals surface area (Å²) in [6, 6.07) is 0. The summed E-state index contributed by atoms with van der Waals surface area (Å²) in [5, 5.41) is 0.470. The Labute approximate surface area is 137 Å². The van der Waals surface area contributed by atoms with E-state index in [0.717, 1.165) is 44.3 Å². The molecule has 0 saturated carbocycles. The quantitative estimate of drug-likeness (QED) is 0.864. The zero-order valence-electron chi connectivity index (χ0n) is 13.6. The van der Waals surface area contributed by atoms with Crippen molar-refractivity contribution >= 4 is 23.3 Å². The molecule has 2 rings (SSSR count). The Bertz CT molecular complexity index is 516. The topological polar surface area (TPSA) is 72.1 Å². The van der Waals surface area contributed by atoms with Gasteiger partial charge in [-0.1, -0.05) is 25.4 Å². The van der Waals surface area contributed by atoms with Gasteiger partial charge < -0.3 is 10.6 Å². The highest BCUT2D eigenvalue weighted by Gasteiger charge is 2.24. The van der Waals surface area contributed by atoms with E-state index in [1.165, 1.54) is 0 Å². The minimum Gasteiger partial charge on any atom is -0.383 e. The predicted molar refractivity (Wildman–Crippen MR) is 88.7 cm³/mol. The fourth-order valence-corrected chi connectivity index (χ4v) is 3.28. The lowest BCUT2D eigenvalue weighted by Gasteiger charge is -2.33. The largest absolute Gasteiger partial charge is 0.383 e. The second kappa shape index (κ2) is 7.27. The van der Waals surface area contributed by atoms with E-state index in [-0.39, 0.29) is 11.8 Å². The van der Waals surface area contributed by atoms with E-state index < -0.39 is 0 Å². The van der Waals surface area contributed by atoms with Crippen LogP contribution in [0.2, 0.25) is 5.15 Å². The summed E-state index contributed by atoms with van der Waals surface area (Å²) in [5.41, 5.74) is 6.80. The Morgan fingerprint density at radius 3 is 2.55 bits per heavy atom. The molecular formula is C16H25ClN4O. The summed E-state index contributed by atoms with van der Waals surface area (Å²) in [6.45, 7) is 7.41. The van der Waals surface area contributed by atoms with Gasteiger partial charge >= 0.3 is 0 Å². The number of nitrogens with zero attached hydrogens (tertiary/aromatic N) is 3. The van der Waals surface area contributed by atoms with Crippen molar-refractivity contribution in [1.82, 2.24) is 14.9 Å². The van der Waals surface area contributed by atoms with E-state index in [0.29, 0.717) is 22.7 Å². The molecule has 22 heavy (non-hydrogen) atoms. The van der Waals surface area contributed by atoms with Crippen molar-refractivity contribution in [2.24, 2.45) is 11.8 Å². The van der Waals surface area contributed by atoms with Crippen LogP contribution in [0.25, 0.3) is 0 Å². The Balaban J connectivity index is 1.86. The number of nitrogens with two attached hydrogens (primary N) is 1. The monoisotopic (exact) mass is 324 g/mol. The summed E-state index contributed by atoms with van der Waals surface area (Å²) in [4.78, 5) is 22.3. The van der Waals surface area contributed by atoms with Crippen LogP contribution in [0, 0.1) is 18.8 Å². The number of carbonyl (C=O) groups excluding carboxylic acids is 1. The maximum absolute atomic E-state index is 12.0. The van der Waals surface area contributed by atoms with Crippen molar-refractivity contribution in [2.75, 3.05) is 18.8 Å². The highest BCUT2D eigenvalue weighted by atomic mass is 35.5. The lowest BCUT2D eigenvalue weighted by Crippen LogP contribution is -2.40. The molecule has 1 aromatic rings. The van der Waals surface area contributed by atoms with Crippen LogP contribution in [0.5, 0.6) is 0 Å². The van der Waals surface area contributed by atoms with Gasteiger partial charge in [-0.15, -0.1) is 0 Å². The maximum Gasteiger partial charge on any atom is 0.225 e. The molecule has 1 aliphatic rings. The summed E-state index contributed by atoms with van der Waals surface area (Å²) < 4.78 is 0. The highest BCUT2D eigenvalue weighted by Crippen LogP contribution is 2.27. The number of likely N-dealkylation sites (tertiary alicyclic amines) is 1. The summed E-state index contributed by atoms with van der Waals surface area (Å²) in [5.74, 6) is 2.04. The van der Waals surface area contributed by atoms with Crippen LogP contribution in [0.15, 0.2) is 0 Å². The third-order valence-electron chi connectivity index (χ3n) is 4.32. The molecule has 6 heteroatoms. The SMILES string of the molecule is Cc1nc(N)c(CCC2CCN(C(=O)C(C)C)CC2)c(Cl)n1. The van der Waals surface area contributed by atoms with E-state index in [9.17, 15) is 4.79 Å². The second-order valence-electron chi connectivity index (χ2n) is 6.39. The first-order valence-electron chi connectivity index (χ1n) is 7.95. The van der Waals surface area contributed by atoms with Crippen LogP contribution in [0.4, 0.5) is 5.82 Å². The molecule has 0 radical (unpaired) electrons. The normalized spacial score (nSPS) is 16.3. The smallest absolute Gasteiger partial charge is 0.225 e. The van der Waals surface area contributed by atoms with E-state index in [1.54, 1.807) is 6.92 Å². The lowest BCUT2D eigenvalue weighted by molar-refractivity contribution is -0.135. The van der Waals surface area contributed by atoms with Crippen LogP contribution < -0.4 is 5.73 Å². The number of nitrogen functional groups attached to an aromatic ring is 1. The number of rotatable bonds is 4. The average Bonchev–Trinajstić information content (AvgIpc) is 2.46. The predicted octanol–water partition coefficient (Wildman–Crippen LogP) is 2.85. The van der Waals surface area contributed by atoms with E-state index in [1.807, 2.05) is 18.7 Å². The first-order chi connectivity index (χ1) is 10.4. The molecule has 0 atom stereocenters. The fourth-order valence-electron chi connectivity index (χ4n) is 2.97. The minimum absolute atomic E-state index is 0.0832. The van der Waals surface area contributed by atoms with Crippen LogP contribution >= 0.6 is 11.6 Å². The number of aryl methyl sites for hydroxylation is 1. The standard InChI is InChI=1S/C16H25ClN4O/c1-10(2)16(22)21-8-6-12(7-9-21)4-5-13-14(17)19-11(3)20-15(13)18/h10,12H,4-9H2,1-3H3,(H2,18,19,20). The Morgan fingerprint density at radius 2 is 2.00 bits per heavy atom. The van der Waals surface area contributed by atoms with Crippen molar-refractivity contribution in [3.05, 3.63) is 16.5 Å². The van der Waals surface area contributed by atoms with Crippen LogP contribution in [0.1, 0.15) is 44.5 Å².